The first kappa shape index (κ1) is 19.2. The highest BCUT2D eigenvalue weighted by Crippen LogP contribution is 2.26. The van der Waals surface area contributed by atoms with E-state index in [-0.39, 0.29) is 11.9 Å². The maximum atomic E-state index is 11.9. The van der Waals surface area contributed by atoms with Crippen molar-refractivity contribution in [1.82, 2.24) is 34.8 Å². The Morgan fingerprint density at radius 1 is 0.935 bits per heavy atom. The average molecular weight is 413 g/mol. The number of aryl methyl sites for hydroxylation is 1. The van der Waals surface area contributed by atoms with Crippen LogP contribution in [0, 0.1) is 0 Å². The highest BCUT2D eigenvalue weighted by molar-refractivity contribution is 5.76. The van der Waals surface area contributed by atoms with Crippen LogP contribution in [-0.2, 0) is 11.8 Å². The third-order valence-electron chi connectivity index (χ3n) is 5.58. The minimum atomic E-state index is 0.0840. The van der Waals surface area contributed by atoms with Crippen molar-refractivity contribution in [2.45, 2.75) is 25.3 Å². The van der Waals surface area contributed by atoms with Gasteiger partial charge in [-0.2, -0.15) is 10.2 Å². The van der Waals surface area contributed by atoms with Gasteiger partial charge in [-0.3, -0.25) is 14.2 Å². The van der Waals surface area contributed by atoms with Crippen molar-refractivity contribution in [3.05, 3.63) is 61.4 Å². The fourth-order valence-electron chi connectivity index (χ4n) is 3.90. The van der Waals surface area contributed by atoms with E-state index in [1.807, 2.05) is 61.0 Å². The SMILES string of the molecule is Cn1cc(-c2cccc(-c3ncc(-c4cnn(C5CCCNC(=O)C5)c4)cn3)c2)cn1. The Balaban J connectivity index is 1.36. The largest absolute Gasteiger partial charge is 0.356 e. The number of benzene rings is 1. The molecule has 0 radical (unpaired) electrons. The standard InChI is InChI=1S/C23H23N7O/c1-29-14-19(12-27-29)16-4-2-5-17(8-16)23-25-10-18(11-26-23)20-13-28-30(15-20)21-6-3-7-24-22(31)9-21/h2,4-5,8,10-15,21H,3,6-7,9H2,1H3,(H,24,31). The molecular weight excluding hydrogens is 390 g/mol. The number of hydrogen-bond donors (Lipinski definition) is 1. The Kier molecular flexibility index (Phi) is 5.03. The smallest absolute Gasteiger partial charge is 0.222 e. The van der Waals surface area contributed by atoms with E-state index >= 15 is 0 Å². The van der Waals surface area contributed by atoms with Gasteiger partial charge in [-0.1, -0.05) is 18.2 Å². The minimum Gasteiger partial charge on any atom is -0.356 e. The molecule has 1 aromatic carbocycles. The number of amides is 1. The fraction of sp³-hybridized carbons (Fsp3) is 0.261. The molecule has 1 fully saturated rings. The third kappa shape index (κ3) is 4.09. The van der Waals surface area contributed by atoms with Crippen molar-refractivity contribution < 1.29 is 4.79 Å². The monoisotopic (exact) mass is 413 g/mol. The molecule has 5 rings (SSSR count). The molecule has 1 amide bonds. The van der Waals surface area contributed by atoms with Crippen LogP contribution in [0.3, 0.4) is 0 Å². The van der Waals surface area contributed by atoms with Crippen LogP contribution in [-0.4, -0.2) is 42.0 Å². The summed E-state index contributed by atoms with van der Waals surface area (Å²) in [5, 5.41) is 11.6. The minimum absolute atomic E-state index is 0.0840. The molecule has 1 aliphatic heterocycles. The lowest BCUT2D eigenvalue weighted by Crippen LogP contribution is -2.23. The number of aromatic nitrogens is 6. The molecule has 1 saturated heterocycles. The molecule has 156 valence electrons. The van der Waals surface area contributed by atoms with Crippen molar-refractivity contribution in [3.8, 4) is 33.6 Å². The zero-order chi connectivity index (χ0) is 21.2. The van der Waals surface area contributed by atoms with Gasteiger partial charge in [0.25, 0.3) is 0 Å². The second kappa shape index (κ2) is 8.14. The summed E-state index contributed by atoms with van der Waals surface area (Å²) in [6.45, 7) is 0.737. The van der Waals surface area contributed by atoms with Gasteiger partial charge in [-0.25, -0.2) is 9.97 Å². The fourth-order valence-corrected chi connectivity index (χ4v) is 3.90. The van der Waals surface area contributed by atoms with Crippen LogP contribution in [0.2, 0.25) is 0 Å². The average Bonchev–Trinajstić information content (AvgIpc) is 3.40. The normalized spacial score (nSPS) is 16.7. The number of rotatable bonds is 4. The van der Waals surface area contributed by atoms with E-state index in [2.05, 4.69) is 37.6 Å². The van der Waals surface area contributed by atoms with Gasteiger partial charge in [0.2, 0.25) is 5.91 Å². The Labute approximate surface area is 180 Å². The predicted molar refractivity (Wildman–Crippen MR) is 117 cm³/mol. The summed E-state index contributed by atoms with van der Waals surface area (Å²) < 4.78 is 3.68. The maximum Gasteiger partial charge on any atom is 0.222 e. The lowest BCUT2D eigenvalue weighted by molar-refractivity contribution is -0.121. The number of carbonyl (C=O) groups excluding carboxylic acids is 1. The van der Waals surface area contributed by atoms with E-state index < -0.39 is 0 Å². The van der Waals surface area contributed by atoms with Crippen molar-refractivity contribution in [2.24, 2.45) is 7.05 Å². The Bertz CT molecular complexity index is 1210. The molecule has 4 aromatic rings. The van der Waals surface area contributed by atoms with E-state index in [9.17, 15) is 4.79 Å². The molecule has 1 atom stereocenters. The topological polar surface area (TPSA) is 90.5 Å². The van der Waals surface area contributed by atoms with E-state index in [0.717, 1.165) is 47.2 Å². The number of nitrogens with zero attached hydrogens (tertiary/aromatic N) is 6. The highest BCUT2D eigenvalue weighted by atomic mass is 16.1. The second-order valence-corrected chi connectivity index (χ2v) is 7.84. The zero-order valence-electron chi connectivity index (χ0n) is 17.3. The van der Waals surface area contributed by atoms with Gasteiger partial charge in [-0.05, 0) is 24.5 Å². The molecule has 0 aliphatic carbocycles. The van der Waals surface area contributed by atoms with E-state index in [1.165, 1.54) is 0 Å². The van der Waals surface area contributed by atoms with Crippen LogP contribution in [0.25, 0.3) is 33.6 Å². The van der Waals surface area contributed by atoms with Crippen LogP contribution < -0.4 is 5.32 Å². The molecule has 4 heterocycles. The second-order valence-electron chi connectivity index (χ2n) is 7.84. The molecule has 0 spiro atoms. The first-order chi connectivity index (χ1) is 15.2. The molecule has 0 bridgehead atoms. The van der Waals surface area contributed by atoms with Gasteiger partial charge in [0.05, 0.1) is 18.4 Å². The molecule has 1 N–H and O–H groups in total. The van der Waals surface area contributed by atoms with Crippen LogP contribution in [0.15, 0.2) is 61.4 Å². The number of nitrogens with one attached hydrogen (secondary N) is 1. The molecule has 8 nitrogen and oxygen atoms in total. The zero-order valence-corrected chi connectivity index (χ0v) is 17.3. The molecular formula is C23H23N7O. The van der Waals surface area contributed by atoms with E-state index in [0.29, 0.717) is 12.2 Å². The van der Waals surface area contributed by atoms with Gasteiger partial charge in [0, 0.05) is 67.1 Å². The van der Waals surface area contributed by atoms with Gasteiger partial charge >= 0.3 is 0 Å². The van der Waals surface area contributed by atoms with Crippen molar-refractivity contribution in [3.63, 3.8) is 0 Å². The molecule has 31 heavy (non-hydrogen) atoms. The summed E-state index contributed by atoms with van der Waals surface area (Å²) in [5.74, 6) is 0.753. The summed E-state index contributed by atoms with van der Waals surface area (Å²) in [5.41, 5.74) is 4.93. The van der Waals surface area contributed by atoms with Crippen molar-refractivity contribution >= 4 is 5.91 Å². The van der Waals surface area contributed by atoms with Gasteiger partial charge in [0.15, 0.2) is 5.82 Å². The van der Waals surface area contributed by atoms with Gasteiger partial charge < -0.3 is 5.32 Å². The molecule has 3 aromatic heterocycles. The molecule has 0 saturated carbocycles. The van der Waals surface area contributed by atoms with Crippen molar-refractivity contribution in [2.75, 3.05) is 6.54 Å². The highest BCUT2D eigenvalue weighted by Gasteiger charge is 2.20. The summed E-state index contributed by atoms with van der Waals surface area (Å²) in [4.78, 5) is 21.0. The Morgan fingerprint density at radius 3 is 2.52 bits per heavy atom. The van der Waals surface area contributed by atoms with Crippen LogP contribution in [0.1, 0.15) is 25.3 Å². The maximum absolute atomic E-state index is 11.9. The summed E-state index contributed by atoms with van der Waals surface area (Å²) >= 11 is 0. The summed E-state index contributed by atoms with van der Waals surface area (Å²) in [6, 6.07) is 8.22. The van der Waals surface area contributed by atoms with E-state index in [1.54, 1.807) is 4.68 Å². The summed E-state index contributed by atoms with van der Waals surface area (Å²) in [7, 11) is 1.90. The van der Waals surface area contributed by atoms with E-state index in [4.69, 9.17) is 0 Å². The van der Waals surface area contributed by atoms with Crippen LogP contribution in [0.4, 0.5) is 0 Å². The third-order valence-corrected chi connectivity index (χ3v) is 5.58. The first-order valence-electron chi connectivity index (χ1n) is 10.4. The Morgan fingerprint density at radius 2 is 1.71 bits per heavy atom. The first-order valence-corrected chi connectivity index (χ1v) is 10.4. The molecule has 1 aliphatic rings. The molecule has 1 unspecified atom stereocenters. The van der Waals surface area contributed by atoms with Crippen LogP contribution >= 0.6 is 0 Å². The number of hydrogen-bond acceptors (Lipinski definition) is 5. The predicted octanol–water partition coefficient (Wildman–Crippen LogP) is 3.25. The number of carbonyl (C=O) groups is 1. The van der Waals surface area contributed by atoms with Crippen molar-refractivity contribution in [1.29, 1.82) is 0 Å². The van der Waals surface area contributed by atoms with Crippen LogP contribution in [0.5, 0.6) is 0 Å². The molecule has 8 heteroatoms. The lowest BCUT2D eigenvalue weighted by Gasteiger charge is -2.12. The van der Waals surface area contributed by atoms with Gasteiger partial charge in [0.1, 0.15) is 0 Å². The lowest BCUT2D eigenvalue weighted by atomic mass is 10.1. The van der Waals surface area contributed by atoms with Gasteiger partial charge in [-0.15, -0.1) is 0 Å². The summed E-state index contributed by atoms with van der Waals surface area (Å²) in [6.07, 6.45) is 13.6. The quantitative estimate of drug-likeness (QED) is 0.555. The Hall–Kier alpha value is -3.81.